The molecular weight excluding hydrogens is 392 g/mol. The number of carbonyl (C=O) groups excluding carboxylic acids is 2. The third-order valence-electron chi connectivity index (χ3n) is 4.49. The minimum Gasteiger partial charge on any atom is -0.452 e. The van der Waals surface area contributed by atoms with Gasteiger partial charge in [0.2, 0.25) is 10.0 Å². The van der Waals surface area contributed by atoms with Crippen LogP contribution in [0.25, 0.3) is 0 Å². The van der Waals surface area contributed by atoms with Gasteiger partial charge in [0.15, 0.2) is 6.61 Å². The van der Waals surface area contributed by atoms with E-state index in [0.717, 1.165) is 6.42 Å². The van der Waals surface area contributed by atoms with Crippen LogP contribution in [0.4, 0.5) is 5.69 Å². The van der Waals surface area contributed by atoms with Crippen molar-refractivity contribution in [2.24, 2.45) is 11.8 Å². The highest BCUT2D eigenvalue weighted by Crippen LogP contribution is 2.27. The molecule has 1 saturated heterocycles. The Bertz CT molecular complexity index is 865. The first-order valence-electron chi connectivity index (χ1n) is 9.58. The van der Waals surface area contributed by atoms with E-state index in [-0.39, 0.29) is 4.90 Å². The number of nitrogens with one attached hydrogen (secondary N) is 1. The van der Waals surface area contributed by atoms with E-state index >= 15 is 0 Å². The number of amides is 1. The smallest absolute Gasteiger partial charge is 0.331 e. The second-order valence-corrected chi connectivity index (χ2v) is 9.27. The average Bonchev–Trinajstić information content (AvgIpc) is 2.66. The lowest BCUT2D eigenvalue weighted by molar-refractivity contribution is -0.142. The summed E-state index contributed by atoms with van der Waals surface area (Å²) in [6, 6.07) is 5.99. The van der Waals surface area contributed by atoms with Gasteiger partial charge in [-0.2, -0.15) is 4.31 Å². The van der Waals surface area contributed by atoms with E-state index in [1.807, 2.05) is 6.92 Å². The van der Waals surface area contributed by atoms with Gasteiger partial charge in [0, 0.05) is 24.9 Å². The highest BCUT2D eigenvalue weighted by Gasteiger charge is 2.31. The lowest BCUT2D eigenvalue weighted by atomic mass is 9.94. The molecule has 29 heavy (non-hydrogen) atoms. The van der Waals surface area contributed by atoms with Crippen molar-refractivity contribution in [3.63, 3.8) is 0 Å². The summed E-state index contributed by atoms with van der Waals surface area (Å²) in [5.74, 6) is -0.484. The van der Waals surface area contributed by atoms with E-state index in [9.17, 15) is 18.0 Å². The largest absolute Gasteiger partial charge is 0.452 e. The Hall–Kier alpha value is -2.45. The summed E-state index contributed by atoms with van der Waals surface area (Å²) in [6.45, 7) is 6.52. The van der Waals surface area contributed by atoms with Crippen LogP contribution in [0, 0.1) is 11.8 Å². The zero-order valence-corrected chi connectivity index (χ0v) is 17.8. The fraction of sp³-hybridized carbons (Fsp3) is 0.429. The van der Waals surface area contributed by atoms with Crippen LogP contribution in [-0.2, 0) is 24.3 Å². The number of carbonyl (C=O) groups is 2. The summed E-state index contributed by atoms with van der Waals surface area (Å²) < 4.78 is 32.1. The maximum atomic E-state index is 12.9. The Morgan fingerprint density at radius 3 is 2.34 bits per heavy atom. The first-order valence-corrected chi connectivity index (χ1v) is 11.0. The minimum absolute atomic E-state index is 0.192. The van der Waals surface area contributed by atoms with Gasteiger partial charge in [-0.15, -0.1) is 0 Å². The van der Waals surface area contributed by atoms with Gasteiger partial charge in [-0.05, 0) is 49.4 Å². The van der Waals surface area contributed by atoms with E-state index in [1.54, 1.807) is 12.2 Å². The molecule has 0 aromatic heterocycles. The number of hydrogen-bond donors (Lipinski definition) is 1. The van der Waals surface area contributed by atoms with Crippen molar-refractivity contribution in [3.05, 3.63) is 48.6 Å². The SMILES string of the molecule is C/C=C/C=C/C(=O)OCC(=O)Nc1ccc(S(=O)(=O)N2C[C@@H](C)C[C@H](C)C2)cc1. The van der Waals surface area contributed by atoms with Crippen LogP contribution in [-0.4, -0.2) is 44.3 Å². The minimum atomic E-state index is -3.57. The summed E-state index contributed by atoms with van der Waals surface area (Å²) in [5, 5.41) is 2.57. The van der Waals surface area contributed by atoms with E-state index in [0.29, 0.717) is 30.6 Å². The van der Waals surface area contributed by atoms with Crippen LogP contribution >= 0.6 is 0 Å². The summed E-state index contributed by atoms with van der Waals surface area (Å²) >= 11 is 0. The molecule has 1 aliphatic heterocycles. The van der Waals surface area contributed by atoms with Crippen LogP contribution in [0.3, 0.4) is 0 Å². The topological polar surface area (TPSA) is 92.8 Å². The third kappa shape index (κ3) is 6.83. The molecule has 7 nitrogen and oxygen atoms in total. The number of esters is 1. The van der Waals surface area contributed by atoms with Crippen LogP contribution in [0.15, 0.2) is 53.5 Å². The Morgan fingerprint density at radius 2 is 1.76 bits per heavy atom. The second-order valence-electron chi connectivity index (χ2n) is 7.33. The molecule has 158 valence electrons. The number of piperidine rings is 1. The number of allylic oxidation sites excluding steroid dienone is 3. The molecule has 1 aromatic carbocycles. The molecule has 0 radical (unpaired) electrons. The van der Waals surface area contributed by atoms with Gasteiger partial charge in [0.05, 0.1) is 4.90 Å². The lowest BCUT2D eigenvalue weighted by Crippen LogP contribution is -2.42. The van der Waals surface area contributed by atoms with E-state index < -0.39 is 28.5 Å². The molecule has 1 aliphatic rings. The zero-order chi connectivity index (χ0) is 21.4. The van der Waals surface area contributed by atoms with Crippen molar-refractivity contribution < 1.29 is 22.7 Å². The van der Waals surface area contributed by atoms with Crippen LogP contribution in [0.5, 0.6) is 0 Å². The number of ether oxygens (including phenoxy) is 1. The first kappa shape index (κ1) is 22.8. The molecule has 0 bridgehead atoms. The highest BCUT2D eigenvalue weighted by molar-refractivity contribution is 7.89. The van der Waals surface area contributed by atoms with Crippen molar-refractivity contribution in [1.82, 2.24) is 4.31 Å². The van der Waals surface area contributed by atoms with Gasteiger partial charge in [-0.1, -0.05) is 32.1 Å². The lowest BCUT2D eigenvalue weighted by Gasteiger charge is -2.34. The first-order chi connectivity index (χ1) is 13.7. The summed E-state index contributed by atoms with van der Waals surface area (Å²) in [7, 11) is -3.57. The van der Waals surface area contributed by atoms with Gasteiger partial charge in [-0.25, -0.2) is 13.2 Å². The van der Waals surface area contributed by atoms with Crippen molar-refractivity contribution in [2.75, 3.05) is 25.0 Å². The molecular formula is C21H28N2O5S. The number of rotatable bonds is 7. The monoisotopic (exact) mass is 420 g/mol. The molecule has 1 aromatic rings. The van der Waals surface area contributed by atoms with E-state index in [1.165, 1.54) is 40.7 Å². The second kappa shape index (κ2) is 10.4. The number of hydrogen-bond acceptors (Lipinski definition) is 5. The molecule has 0 aliphatic carbocycles. The van der Waals surface area contributed by atoms with Gasteiger partial charge in [-0.3, -0.25) is 4.79 Å². The zero-order valence-electron chi connectivity index (χ0n) is 17.0. The number of benzene rings is 1. The molecule has 2 atom stereocenters. The Balaban J connectivity index is 1.94. The predicted octanol–water partition coefficient (Wildman–Crippen LogP) is 2.97. The average molecular weight is 421 g/mol. The van der Waals surface area contributed by atoms with Crippen LogP contribution < -0.4 is 5.32 Å². The van der Waals surface area contributed by atoms with Gasteiger partial charge in [0.25, 0.3) is 5.91 Å². The highest BCUT2D eigenvalue weighted by atomic mass is 32.2. The third-order valence-corrected chi connectivity index (χ3v) is 6.34. The van der Waals surface area contributed by atoms with Crippen LogP contribution in [0.2, 0.25) is 0 Å². The molecule has 0 unspecified atom stereocenters. The maximum Gasteiger partial charge on any atom is 0.331 e. The molecule has 8 heteroatoms. The normalized spacial score (nSPS) is 20.8. The maximum absolute atomic E-state index is 12.9. The molecule has 1 heterocycles. The van der Waals surface area contributed by atoms with Crippen molar-refractivity contribution >= 4 is 27.6 Å². The van der Waals surface area contributed by atoms with E-state index in [4.69, 9.17) is 4.74 Å². The molecule has 1 N–H and O–H groups in total. The number of sulfonamides is 1. The van der Waals surface area contributed by atoms with Gasteiger partial charge >= 0.3 is 5.97 Å². The standard InChI is InChI=1S/C21H28N2O5S/c1-4-5-6-7-21(25)28-15-20(24)22-18-8-10-19(11-9-18)29(26,27)23-13-16(2)12-17(3)14-23/h4-11,16-17H,12-15H2,1-3H3,(H,22,24)/b5-4+,7-6+/t16-,17-/m0/s1. The number of anilines is 1. The van der Waals surface area contributed by atoms with Gasteiger partial charge < -0.3 is 10.1 Å². The summed E-state index contributed by atoms with van der Waals surface area (Å²) in [4.78, 5) is 23.5. The van der Waals surface area contributed by atoms with Crippen molar-refractivity contribution in [1.29, 1.82) is 0 Å². The molecule has 1 fully saturated rings. The Labute approximate surface area is 172 Å². The summed E-state index contributed by atoms with van der Waals surface area (Å²) in [5.41, 5.74) is 0.426. The Morgan fingerprint density at radius 1 is 1.14 bits per heavy atom. The fourth-order valence-electron chi connectivity index (χ4n) is 3.29. The van der Waals surface area contributed by atoms with Gasteiger partial charge in [0.1, 0.15) is 0 Å². The molecule has 0 saturated carbocycles. The quantitative estimate of drug-likeness (QED) is 0.416. The van der Waals surface area contributed by atoms with Crippen molar-refractivity contribution in [3.8, 4) is 0 Å². The van der Waals surface area contributed by atoms with E-state index in [2.05, 4.69) is 19.2 Å². The predicted molar refractivity (Wildman–Crippen MR) is 112 cm³/mol. The molecule has 1 amide bonds. The summed E-state index contributed by atoms with van der Waals surface area (Å²) in [6.07, 6.45) is 7.18. The Kier molecular flexibility index (Phi) is 8.16. The van der Waals surface area contributed by atoms with Crippen molar-refractivity contribution in [2.45, 2.75) is 32.1 Å². The van der Waals surface area contributed by atoms with Crippen LogP contribution in [0.1, 0.15) is 27.2 Å². The molecule has 0 spiro atoms. The molecule has 2 rings (SSSR count). The fourth-order valence-corrected chi connectivity index (χ4v) is 4.97. The number of nitrogens with zero attached hydrogens (tertiary/aromatic N) is 1.